The number of azo groups is 1. The summed E-state index contributed by atoms with van der Waals surface area (Å²) < 4.78 is 1.26. The fourth-order valence-corrected chi connectivity index (χ4v) is 2.50. The van der Waals surface area contributed by atoms with Gasteiger partial charge in [-0.05, 0) is 36.4 Å². The van der Waals surface area contributed by atoms with Crippen molar-refractivity contribution < 1.29 is 0 Å². The lowest BCUT2D eigenvalue weighted by atomic mass is 10.3. The Hall–Kier alpha value is -2.92. The summed E-state index contributed by atoms with van der Waals surface area (Å²) in [5.74, 6) is 0.622. The zero-order valence-corrected chi connectivity index (χ0v) is 13.1. The minimum Gasteiger partial charge on any atom is -0.245 e. The Bertz CT molecular complexity index is 801. The summed E-state index contributed by atoms with van der Waals surface area (Å²) in [5, 5.41) is 8.03. The third kappa shape index (κ3) is 4.52. The van der Waals surface area contributed by atoms with E-state index in [9.17, 15) is 0 Å². The normalized spacial score (nSPS) is 10.4. The van der Waals surface area contributed by atoms with E-state index in [1.807, 2.05) is 72.2 Å². The maximum atomic E-state index is 4.14. The summed E-state index contributed by atoms with van der Waals surface area (Å²) in [6.45, 7) is 0. The van der Waals surface area contributed by atoms with Crippen molar-refractivity contribution in [2.24, 2.45) is 10.2 Å². The molecule has 0 spiro atoms. The average molecular weight is 318 g/mol. The van der Waals surface area contributed by atoms with Crippen LogP contribution in [0.3, 0.4) is 0 Å². The van der Waals surface area contributed by atoms with Crippen LogP contribution in [0.5, 0.6) is 0 Å². The van der Waals surface area contributed by atoms with Gasteiger partial charge in [0.05, 0.1) is 21.4 Å². The van der Waals surface area contributed by atoms with Crippen molar-refractivity contribution in [3.8, 4) is 0 Å². The van der Waals surface area contributed by atoms with Crippen molar-refractivity contribution in [2.45, 2.75) is 0 Å². The van der Waals surface area contributed by atoms with Gasteiger partial charge in [-0.15, -0.1) is 21.6 Å². The number of hydrogen-bond acceptors (Lipinski definition) is 5. The number of para-hydroxylation sites is 1. The van der Waals surface area contributed by atoms with Crippen LogP contribution in [-0.4, -0.2) is 9.97 Å². The number of pyridine rings is 1. The molecule has 2 aromatic heterocycles. The molecule has 2 aromatic carbocycles. The van der Waals surface area contributed by atoms with E-state index in [1.165, 1.54) is 4.70 Å². The van der Waals surface area contributed by atoms with Gasteiger partial charge in [0.15, 0.2) is 5.82 Å². The predicted molar refractivity (Wildman–Crippen MR) is 94.5 cm³/mol. The van der Waals surface area contributed by atoms with E-state index >= 15 is 0 Å². The number of hydrogen-bond donors (Lipinski definition) is 0. The van der Waals surface area contributed by atoms with Crippen LogP contribution in [-0.2, 0) is 0 Å². The smallest absolute Gasteiger partial charge is 0.174 e. The molecule has 0 saturated heterocycles. The minimum atomic E-state index is 0.622. The van der Waals surface area contributed by atoms with Gasteiger partial charge >= 0.3 is 0 Å². The Balaban J connectivity index is 0.000000149. The van der Waals surface area contributed by atoms with E-state index in [0.29, 0.717) is 5.82 Å². The molecule has 0 aliphatic heterocycles. The van der Waals surface area contributed by atoms with Gasteiger partial charge < -0.3 is 0 Å². The number of thiazole rings is 1. The Morgan fingerprint density at radius 3 is 2.26 bits per heavy atom. The molecule has 4 nitrogen and oxygen atoms in total. The van der Waals surface area contributed by atoms with Gasteiger partial charge in [0.2, 0.25) is 0 Å². The molecule has 0 aliphatic carbocycles. The highest BCUT2D eigenvalue weighted by Gasteiger charge is 1.90. The Morgan fingerprint density at radius 2 is 1.48 bits per heavy atom. The molecule has 112 valence electrons. The fraction of sp³-hybridized carbons (Fsp3) is 0. The first-order valence-electron chi connectivity index (χ1n) is 7.08. The second kappa shape index (κ2) is 7.91. The lowest BCUT2D eigenvalue weighted by molar-refractivity contribution is 1.15. The lowest BCUT2D eigenvalue weighted by Gasteiger charge is -1.90. The monoisotopic (exact) mass is 318 g/mol. The molecule has 23 heavy (non-hydrogen) atoms. The predicted octanol–water partition coefficient (Wildman–Crippen LogP) is 5.79. The molecular weight excluding hydrogens is 304 g/mol. The molecule has 0 amide bonds. The Morgan fingerprint density at radius 1 is 0.696 bits per heavy atom. The average Bonchev–Trinajstić information content (AvgIpc) is 3.11. The second-order valence-corrected chi connectivity index (χ2v) is 5.43. The lowest BCUT2D eigenvalue weighted by Crippen LogP contribution is -1.68. The summed E-state index contributed by atoms with van der Waals surface area (Å²) in [4.78, 5) is 8.17. The molecule has 0 saturated carbocycles. The van der Waals surface area contributed by atoms with Crippen molar-refractivity contribution in [2.75, 3.05) is 0 Å². The van der Waals surface area contributed by atoms with Crippen molar-refractivity contribution >= 4 is 33.1 Å². The van der Waals surface area contributed by atoms with E-state index in [1.54, 1.807) is 17.5 Å². The zero-order chi connectivity index (χ0) is 15.7. The highest BCUT2D eigenvalue weighted by atomic mass is 32.1. The third-order valence-electron chi connectivity index (χ3n) is 2.91. The molecule has 0 fully saturated rings. The highest BCUT2D eigenvalue weighted by Crippen LogP contribution is 2.15. The number of rotatable bonds is 2. The first-order valence-corrected chi connectivity index (χ1v) is 7.96. The molecular formula is C18H14N4S. The van der Waals surface area contributed by atoms with Gasteiger partial charge in [-0.2, -0.15) is 0 Å². The maximum absolute atomic E-state index is 4.14. The molecule has 0 bridgehead atoms. The van der Waals surface area contributed by atoms with Gasteiger partial charge in [0, 0.05) is 6.20 Å². The van der Waals surface area contributed by atoms with Crippen LogP contribution in [0, 0.1) is 0 Å². The van der Waals surface area contributed by atoms with Gasteiger partial charge in [0.1, 0.15) is 0 Å². The molecule has 0 aliphatic rings. The van der Waals surface area contributed by atoms with Crippen LogP contribution in [0.15, 0.2) is 94.7 Å². The van der Waals surface area contributed by atoms with Crippen LogP contribution < -0.4 is 0 Å². The molecule has 2 heterocycles. The molecule has 5 heteroatoms. The van der Waals surface area contributed by atoms with Gasteiger partial charge in [-0.1, -0.05) is 36.4 Å². The molecule has 0 atom stereocenters. The first kappa shape index (κ1) is 15.0. The first-order chi connectivity index (χ1) is 11.4. The Kier molecular flexibility index (Phi) is 5.16. The molecule has 4 aromatic rings. The van der Waals surface area contributed by atoms with Gasteiger partial charge in [-0.3, -0.25) is 0 Å². The van der Waals surface area contributed by atoms with E-state index in [0.717, 1.165) is 11.2 Å². The summed E-state index contributed by atoms with van der Waals surface area (Å²) >= 11 is 1.68. The number of benzene rings is 2. The standard InChI is InChI=1S/C11H9N3.C7H5NS/c1-2-6-10(7-3-1)13-14-11-8-4-5-9-12-11;1-2-4-7-6(3-1)8-5-9-7/h1-9H;1-5H/b14-13+;. The van der Waals surface area contributed by atoms with Gasteiger partial charge in [0.25, 0.3) is 0 Å². The second-order valence-electron chi connectivity index (χ2n) is 4.54. The fourth-order valence-electron chi connectivity index (χ4n) is 1.82. The van der Waals surface area contributed by atoms with Crippen LogP contribution in [0.25, 0.3) is 10.2 Å². The van der Waals surface area contributed by atoms with E-state index in [4.69, 9.17) is 0 Å². The van der Waals surface area contributed by atoms with Crippen molar-refractivity contribution in [3.63, 3.8) is 0 Å². The van der Waals surface area contributed by atoms with Crippen LogP contribution in [0.1, 0.15) is 0 Å². The van der Waals surface area contributed by atoms with Crippen LogP contribution in [0.2, 0.25) is 0 Å². The molecule has 0 N–H and O–H groups in total. The zero-order valence-electron chi connectivity index (χ0n) is 12.3. The topological polar surface area (TPSA) is 50.5 Å². The largest absolute Gasteiger partial charge is 0.245 e. The summed E-state index contributed by atoms with van der Waals surface area (Å²) in [6, 6.07) is 23.2. The number of nitrogens with zero attached hydrogens (tertiary/aromatic N) is 4. The molecule has 0 unspecified atom stereocenters. The third-order valence-corrected chi connectivity index (χ3v) is 3.72. The number of aromatic nitrogens is 2. The Labute approximate surface area is 138 Å². The quantitative estimate of drug-likeness (QED) is 0.439. The minimum absolute atomic E-state index is 0.622. The van der Waals surface area contributed by atoms with Crippen molar-refractivity contribution in [1.29, 1.82) is 0 Å². The SMILES string of the molecule is c1ccc(/N=N/c2ccccn2)cc1.c1ccc2scnc2c1. The summed E-state index contributed by atoms with van der Waals surface area (Å²) in [6.07, 6.45) is 1.69. The van der Waals surface area contributed by atoms with E-state index in [2.05, 4.69) is 26.3 Å². The van der Waals surface area contributed by atoms with Crippen LogP contribution in [0.4, 0.5) is 11.5 Å². The van der Waals surface area contributed by atoms with E-state index in [-0.39, 0.29) is 0 Å². The molecule has 4 rings (SSSR count). The summed E-state index contributed by atoms with van der Waals surface area (Å²) in [7, 11) is 0. The molecule has 0 radical (unpaired) electrons. The van der Waals surface area contributed by atoms with E-state index < -0.39 is 0 Å². The highest BCUT2D eigenvalue weighted by molar-refractivity contribution is 7.16. The number of fused-ring (bicyclic) bond motifs is 1. The summed E-state index contributed by atoms with van der Waals surface area (Å²) in [5.41, 5.74) is 3.80. The van der Waals surface area contributed by atoms with Crippen molar-refractivity contribution in [1.82, 2.24) is 9.97 Å². The maximum Gasteiger partial charge on any atom is 0.174 e. The van der Waals surface area contributed by atoms with Crippen LogP contribution >= 0.6 is 11.3 Å². The van der Waals surface area contributed by atoms with Gasteiger partial charge in [-0.25, -0.2) is 9.97 Å². The van der Waals surface area contributed by atoms with Crippen molar-refractivity contribution in [3.05, 3.63) is 84.5 Å².